The third-order valence-electron chi connectivity index (χ3n) is 4.25. The highest BCUT2D eigenvalue weighted by molar-refractivity contribution is 6.32. The van der Waals surface area contributed by atoms with E-state index in [1.165, 1.54) is 0 Å². The van der Waals surface area contributed by atoms with Crippen molar-refractivity contribution in [2.75, 3.05) is 19.8 Å². The lowest BCUT2D eigenvalue weighted by atomic mass is 10.2. The number of halogens is 3. The molecule has 0 spiro atoms. The molecule has 2 heterocycles. The van der Waals surface area contributed by atoms with Gasteiger partial charge in [0.25, 0.3) is 6.43 Å². The smallest absolute Gasteiger partial charge is 0.272 e. The summed E-state index contributed by atoms with van der Waals surface area (Å²) in [6, 6.07) is 6.68. The number of aromatic nitrogens is 3. The van der Waals surface area contributed by atoms with Gasteiger partial charge in [-0.3, -0.25) is 14.5 Å². The summed E-state index contributed by atoms with van der Waals surface area (Å²) >= 11 is 6.12. The summed E-state index contributed by atoms with van der Waals surface area (Å²) < 4.78 is 31.3. The van der Waals surface area contributed by atoms with E-state index < -0.39 is 13.0 Å². The van der Waals surface area contributed by atoms with Crippen LogP contribution in [0.15, 0.2) is 36.7 Å². The fourth-order valence-corrected chi connectivity index (χ4v) is 3.15. The number of carbonyl (C=O) groups excluding carboxylic acids is 1. The van der Waals surface area contributed by atoms with Gasteiger partial charge in [-0.25, -0.2) is 8.78 Å². The Labute approximate surface area is 176 Å². The third kappa shape index (κ3) is 5.87. The molecule has 0 atom stereocenters. The summed E-state index contributed by atoms with van der Waals surface area (Å²) in [5.41, 5.74) is 2.12. The number of aliphatic hydroxyl groups excluding tert-OH is 1. The van der Waals surface area contributed by atoms with Crippen LogP contribution in [0.2, 0.25) is 5.02 Å². The first kappa shape index (κ1) is 21.9. The number of nitrogens with zero attached hydrogens (tertiary/aromatic N) is 3. The highest BCUT2D eigenvalue weighted by Gasteiger charge is 2.12. The fraction of sp³-hybridized carbons (Fsp3) is 0.350. The topological polar surface area (TPSA) is 89.3 Å². The number of carbonyl (C=O) groups is 1. The predicted molar refractivity (Wildman–Crippen MR) is 108 cm³/mol. The van der Waals surface area contributed by atoms with E-state index in [0.29, 0.717) is 30.7 Å². The molecule has 1 aromatic carbocycles. The number of rotatable bonds is 10. The van der Waals surface area contributed by atoms with Crippen molar-refractivity contribution in [2.45, 2.75) is 25.8 Å². The van der Waals surface area contributed by atoms with Gasteiger partial charge in [0.05, 0.1) is 29.2 Å². The van der Waals surface area contributed by atoms with E-state index in [4.69, 9.17) is 21.4 Å². The van der Waals surface area contributed by atoms with Crippen molar-refractivity contribution < 1.29 is 23.4 Å². The first-order valence-corrected chi connectivity index (χ1v) is 9.72. The Bertz CT molecular complexity index is 1010. The highest BCUT2D eigenvalue weighted by Crippen LogP contribution is 2.26. The van der Waals surface area contributed by atoms with E-state index >= 15 is 0 Å². The van der Waals surface area contributed by atoms with E-state index in [0.717, 1.165) is 10.9 Å². The van der Waals surface area contributed by atoms with Gasteiger partial charge < -0.3 is 15.2 Å². The number of fused-ring (bicyclic) bond motifs is 1. The van der Waals surface area contributed by atoms with E-state index in [2.05, 4.69) is 15.4 Å². The number of alkyl halides is 2. The van der Waals surface area contributed by atoms with Crippen molar-refractivity contribution in [3.63, 3.8) is 0 Å². The Kier molecular flexibility index (Phi) is 7.53. The zero-order chi connectivity index (χ0) is 21.5. The molecule has 0 aliphatic rings. The van der Waals surface area contributed by atoms with Crippen molar-refractivity contribution in [3.8, 4) is 5.75 Å². The second kappa shape index (κ2) is 10.3. The monoisotopic (exact) mass is 438 g/mol. The summed E-state index contributed by atoms with van der Waals surface area (Å²) in [7, 11) is 0. The van der Waals surface area contributed by atoms with Crippen LogP contribution in [-0.2, 0) is 17.8 Å². The Morgan fingerprint density at radius 1 is 1.33 bits per heavy atom. The highest BCUT2D eigenvalue weighted by atomic mass is 35.5. The maximum atomic E-state index is 12.3. The van der Waals surface area contributed by atoms with Gasteiger partial charge in [0.2, 0.25) is 5.91 Å². The average molecular weight is 439 g/mol. The van der Waals surface area contributed by atoms with E-state index in [1.807, 2.05) is 0 Å². The molecule has 0 aliphatic carbocycles. The van der Waals surface area contributed by atoms with E-state index in [1.54, 1.807) is 41.3 Å². The summed E-state index contributed by atoms with van der Waals surface area (Å²) in [6.45, 7) is 0.102. The van der Waals surface area contributed by atoms with Crippen molar-refractivity contribution in [2.24, 2.45) is 0 Å². The Morgan fingerprint density at radius 2 is 2.17 bits per heavy atom. The minimum atomic E-state index is -2.57. The molecule has 0 fully saturated rings. The molecule has 10 heteroatoms. The van der Waals surface area contributed by atoms with Crippen LogP contribution in [-0.4, -0.2) is 52.0 Å². The number of ether oxygens (including phenoxy) is 1. The molecule has 0 bridgehead atoms. The van der Waals surface area contributed by atoms with Gasteiger partial charge >= 0.3 is 0 Å². The maximum Gasteiger partial charge on any atom is 0.272 e. The second-order valence-corrected chi connectivity index (χ2v) is 7.00. The molecule has 7 nitrogen and oxygen atoms in total. The van der Waals surface area contributed by atoms with Gasteiger partial charge in [-0.2, -0.15) is 5.10 Å². The summed E-state index contributed by atoms with van der Waals surface area (Å²) in [5.74, 6) is 0.0207. The van der Waals surface area contributed by atoms with Gasteiger partial charge in [0, 0.05) is 30.9 Å². The lowest BCUT2D eigenvalue weighted by Crippen LogP contribution is -2.26. The van der Waals surface area contributed by atoms with Gasteiger partial charge in [-0.1, -0.05) is 17.7 Å². The van der Waals surface area contributed by atoms with Crippen molar-refractivity contribution in [3.05, 3.63) is 52.9 Å². The molecule has 2 N–H and O–H groups in total. The fourth-order valence-electron chi connectivity index (χ4n) is 2.89. The molecule has 160 valence electrons. The standard InChI is InChI=1S/C20H21ClF2N4O3/c21-15-8-13(2-3-18(15)30-12-19(22)23)10-27-11-14-16(26-27)4-6-24-17(14)9-20(29)25-5-1-7-28/h2-4,6,8,11,19,28H,1,5,7,9-10,12H2,(H,25,29). The number of nitrogens with one attached hydrogen (secondary N) is 1. The maximum absolute atomic E-state index is 12.3. The van der Waals surface area contributed by atoms with Gasteiger partial charge in [-0.15, -0.1) is 0 Å². The Morgan fingerprint density at radius 3 is 2.90 bits per heavy atom. The van der Waals surface area contributed by atoms with Gasteiger partial charge in [-0.05, 0) is 30.2 Å². The molecular weight excluding hydrogens is 418 g/mol. The van der Waals surface area contributed by atoms with Crippen LogP contribution in [0.25, 0.3) is 10.9 Å². The molecular formula is C20H21ClF2N4O3. The lowest BCUT2D eigenvalue weighted by molar-refractivity contribution is -0.120. The third-order valence-corrected chi connectivity index (χ3v) is 4.55. The molecule has 0 radical (unpaired) electrons. The molecule has 0 aliphatic heterocycles. The average Bonchev–Trinajstić information content (AvgIpc) is 3.11. The van der Waals surface area contributed by atoms with Crippen LogP contribution in [0.5, 0.6) is 5.75 Å². The van der Waals surface area contributed by atoms with Crippen LogP contribution < -0.4 is 10.1 Å². The first-order chi connectivity index (χ1) is 14.5. The number of pyridine rings is 1. The number of hydrogen-bond acceptors (Lipinski definition) is 5. The van der Waals surface area contributed by atoms with Crippen molar-refractivity contribution in [1.82, 2.24) is 20.1 Å². The minimum absolute atomic E-state index is 0.0181. The minimum Gasteiger partial charge on any atom is -0.486 e. The molecule has 3 aromatic rings. The molecule has 1 amide bonds. The van der Waals surface area contributed by atoms with Crippen LogP contribution in [0.4, 0.5) is 8.78 Å². The number of benzene rings is 1. The Balaban J connectivity index is 1.71. The molecule has 0 saturated carbocycles. The van der Waals surface area contributed by atoms with Crippen LogP contribution in [0, 0.1) is 0 Å². The number of aliphatic hydroxyl groups is 1. The van der Waals surface area contributed by atoms with E-state index in [9.17, 15) is 13.6 Å². The summed E-state index contributed by atoms with van der Waals surface area (Å²) in [5, 5.41) is 17.0. The number of hydrogen-bond donors (Lipinski definition) is 2. The normalized spacial score (nSPS) is 11.2. The summed E-state index contributed by atoms with van der Waals surface area (Å²) in [6.07, 6.45) is 1.43. The molecule has 2 aromatic heterocycles. The summed E-state index contributed by atoms with van der Waals surface area (Å²) in [4.78, 5) is 16.4. The molecule has 0 unspecified atom stereocenters. The Hall–Kier alpha value is -2.78. The van der Waals surface area contributed by atoms with Crippen molar-refractivity contribution >= 4 is 28.4 Å². The number of amides is 1. The van der Waals surface area contributed by atoms with Crippen LogP contribution in [0.3, 0.4) is 0 Å². The first-order valence-electron chi connectivity index (χ1n) is 9.34. The largest absolute Gasteiger partial charge is 0.486 e. The molecule has 3 rings (SSSR count). The van der Waals surface area contributed by atoms with Crippen LogP contribution in [0.1, 0.15) is 17.7 Å². The second-order valence-electron chi connectivity index (χ2n) is 6.59. The SMILES string of the molecule is O=C(Cc1nccc2nn(Cc3ccc(OCC(F)F)c(Cl)c3)cc12)NCCCO. The quantitative estimate of drug-likeness (QED) is 0.475. The van der Waals surface area contributed by atoms with Crippen molar-refractivity contribution in [1.29, 1.82) is 0 Å². The van der Waals surface area contributed by atoms with E-state index in [-0.39, 0.29) is 29.7 Å². The van der Waals surface area contributed by atoms with Crippen LogP contribution >= 0.6 is 11.6 Å². The lowest BCUT2D eigenvalue weighted by Gasteiger charge is -2.09. The zero-order valence-corrected chi connectivity index (χ0v) is 16.8. The van der Waals surface area contributed by atoms with Gasteiger partial charge in [0.15, 0.2) is 0 Å². The molecule has 0 saturated heterocycles. The molecule has 30 heavy (non-hydrogen) atoms. The zero-order valence-electron chi connectivity index (χ0n) is 16.0. The van der Waals surface area contributed by atoms with Gasteiger partial charge in [0.1, 0.15) is 12.4 Å². The predicted octanol–water partition coefficient (Wildman–Crippen LogP) is 2.82.